The van der Waals surface area contributed by atoms with Crippen molar-refractivity contribution in [1.29, 1.82) is 0 Å². The summed E-state index contributed by atoms with van der Waals surface area (Å²) in [5.41, 5.74) is 1.00. The smallest absolute Gasteiger partial charge is 0.293 e. The number of rotatable bonds is 4. The van der Waals surface area contributed by atoms with Crippen molar-refractivity contribution < 1.29 is 9.53 Å². The zero-order valence-corrected chi connectivity index (χ0v) is 7.25. The second kappa shape index (κ2) is 4.78. The molecule has 0 saturated carbocycles. The lowest BCUT2D eigenvalue weighted by Crippen LogP contribution is -1.96. The third-order valence-corrected chi connectivity index (χ3v) is 1.88. The van der Waals surface area contributed by atoms with Crippen LogP contribution in [0, 0.1) is 0 Å². The summed E-state index contributed by atoms with van der Waals surface area (Å²) in [5, 5.41) is 0.715. The lowest BCUT2D eigenvalue weighted by Gasteiger charge is -2.01. The fraction of sp³-hybridized carbons (Fsp3) is 0.222. The van der Waals surface area contributed by atoms with Gasteiger partial charge in [-0.15, -0.1) is 0 Å². The highest BCUT2D eigenvalue weighted by atomic mass is 35.5. The molecular formula is C9H9ClO2. The second-order valence-electron chi connectivity index (χ2n) is 2.31. The topological polar surface area (TPSA) is 26.3 Å². The summed E-state index contributed by atoms with van der Waals surface area (Å²) < 4.78 is 4.55. The van der Waals surface area contributed by atoms with Crippen molar-refractivity contribution >= 4 is 18.1 Å². The maximum Gasteiger partial charge on any atom is 0.293 e. The first kappa shape index (κ1) is 9.07. The second-order valence-corrected chi connectivity index (χ2v) is 2.72. The Kier molecular flexibility index (Phi) is 3.61. The van der Waals surface area contributed by atoms with Crippen LogP contribution in [-0.4, -0.2) is 13.1 Å². The van der Waals surface area contributed by atoms with Crippen LogP contribution in [0.2, 0.25) is 5.02 Å². The van der Waals surface area contributed by atoms with Gasteiger partial charge in [-0.05, 0) is 11.6 Å². The van der Waals surface area contributed by atoms with Crippen molar-refractivity contribution in [2.45, 2.75) is 6.42 Å². The highest BCUT2D eigenvalue weighted by Gasteiger charge is 1.97. The van der Waals surface area contributed by atoms with E-state index in [-0.39, 0.29) is 0 Å². The molecule has 0 aliphatic rings. The number of carbonyl (C=O) groups is 1. The summed E-state index contributed by atoms with van der Waals surface area (Å²) in [4.78, 5) is 9.82. The minimum atomic E-state index is 0.382. The standard InChI is InChI=1S/C9H9ClO2/c10-9-4-2-1-3-8(9)5-6-12-7-11/h1-4,7H,5-6H2. The van der Waals surface area contributed by atoms with E-state index in [1.807, 2.05) is 24.3 Å². The summed E-state index contributed by atoms with van der Waals surface area (Å²) in [5.74, 6) is 0. The van der Waals surface area contributed by atoms with E-state index in [9.17, 15) is 4.79 Å². The molecule has 3 heteroatoms. The zero-order chi connectivity index (χ0) is 8.81. The van der Waals surface area contributed by atoms with Crippen LogP contribution in [-0.2, 0) is 16.0 Å². The highest BCUT2D eigenvalue weighted by Crippen LogP contribution is 2.14. The van der Waals surface area contributed by atoms with Gasteiger partial charge in [0.15, 0.2) is 0 Å². The number of ether oxygens (including phenoxy) is 1. The van der Waals surface area contributed by atoms with Crippen LogP contribution in [0.4, 0.5) is 0 Å². The third-order valence-electron chi connectivity index (χ3n) is 1.52. The fourth-order valence-electron chi connectivity index (χ4n) is 0.918. The first-order chi connectivity index (χ1) is 5.84. The molecule has 2 nitrogen and oxygen atoms in total. The molecule has 1 aromatic carbocycles. The summed E-state index contributed by atoms with van der Waals surface area (Å²) >= 11 is 5.86. The Balaban J connectivity index is 2.51. The van der Waals surface area contributed by atoms with Gasteiger partial charge in [-0.25, -0.2) is 0 Å². The lowest BCUT2D eigenvalue weighted by molar-refractivity contribution is -0.128. The van der Waals surface area contributed by atoms with E-state index < -0.39 is 0 Å². The lowest BCUT2D eigenvalue weighted by atomic mass is 10.2. The molecule has 64 valence electrons. The van der Waals surface area contributed by atoms with Crippen LogP contribution in [0.5, 0.6) is 0 Å². The summed E-state index contributed by atoms with van der Waals surface area (Å²) in [6.45, 7) is 0.823. The predicted octanol–water partition coefficient (Wildman–Crippen LogP) is 2.06. The predicted molar refractivity (Wildman–Crippen MR) is 47.2 cm³/mol. The van der Waals surface area contributed by atoms with Crippen LogP contribution in [0.3, 0.4) is 0 Å². The number of halogens is 1. The van der Waals surface area contributed by atoms with Crippen molar-refractivity contribution in [2.24, 2.45) is 0 Å². The van der Waals surface area contributed by atoms with Crippen LogP contribution in [0.15, 0.2) is 24.3 Å². The Hall–Kier alpha value is -1.02. The maximum atomic E-state index is 9.82. The minimum absolute atomic E-state index is 0.382. The molecule has 0 heterocycles. The van der Waals surface area contributed by atoms with E-state index in [0.29, 0.717) is 24.5 Å². The average molecular weight is 185 g/mol. The van der Waals surface area contributed by atoms with Gasteiger partial charge in [-0.3, -0.25) is 4.79 Å². The normalized spacial score (nSPS) is 9.42. The molecule has 12 heavy (non-hydrogen) atoms. The zero-order valence-electron chi connectivity index (χ0n) is 6.50. The molecule has 0 amide bonds. The van der Waals surface area contributed by atoms with Crippen LogP contribution >= 0.6 is 11.6 Å². The van der Waals surface area contributed by atoms with E-state index >= 15 is 0 Å². The molecule has 0 radical (unpaired) electrons. The fourth-order valence-corrected chi connectivity index (χ4v) is 1.15. The minimum Gasteiger partial charge on any atom is -0.468 e. The van der Waals surface area contributed by atoms with Crippen molar-refractivity contribution in [1.82, 2.24) is 0 Å². The van der Waals surface area contributed by atoms with E-state index in [2.05, 4.69) is 4.74 Å². The molecule has 0 atom stereocenters. The molecule has 0 fully saturated rings. The first-order valence-corrected chi connectivity index (χ1v) is 4.01. The summed E-state index contributed by atoms with van der Waals surface area (Å²) in [6.07, 6.45) is 0.665. The molecule has 0 unspecified atom stereocenters. The maximum absolute atomic E-state index is 9.82. The van der Waals surface area contributed by atoms with E-state index in [1.54, 1.807) is 0 Å². The monoisotopic (exact) mass is 184 g/mol. The van der Waals surface area contributed by atoms with Gasteiger partial charge in [0, 0.05) is 11.4 Å². The van der Waals surface area contributed by atoms with Crippen molar-refractivity contribution in [3.8, 4) is 0 Å². The molecular weight excluding hydrogens is 176 g/mol. The van der Waals surface area contributed by atoms with Gasteiger partial charge >= 0.3 is 0 Å². The molecule has 0 aliphatic heterocycles. The average Bonchev–Trinajstić information content (AvgIpc) is 2.09. The first-order valence-electron chi connectivity index (χ1n) is 3.63. The van der Waals surface area contributed by atoms with Crippen LogP contribution in [0.25, 0.3) is 0 Å². The molecule has 0 aliphatic carbocycles. The molecule has 0 saturated heterocycles. The van der Waals surface area contributed by atoms with Crippen molar-refractivity contribution in [2.75, 3.05) is 6.61 Å². The van der Waals surface area contributed by atoms with Gasteiger partial charge in [0.2, 0.25) is 0 Å². The van der Waals surface area contributed by atoms with E-state index in [0.717, 1.165) is 5.56 Å². The van der Waals surface area contributed by atoms with Crippen molar-refractivity contribution in [3.63, 3.8) is 0 Å². The van der Waals surface area contributed by atoms with Crippen LogP contribution < -0.4 is 0 Å². The Morgan fingerprint density at radius 2 is 2.17 bits per heavy atom. The molecule has 1 rings (SSSR count). The Morgan fingerprint density at radius 1 is 1.42 bits per heavy atom. The van der Waals surface area contributed by atoms with Gasteiger partial charge in [-0.1, -0.05) is 29.8 Å². The number of carbonyl (C=O) groups excluding carboxylic acids is 1. The number of hydrogen-bond donors (Lipinski definition) is 0. The van der Waals surface area contributed by atoms with E-state index in [1.165, 1.54) is 0 Å². The Morgan fingerprint density at radius 3 is 2.83 bits per heavy atom. The Bertz CT molecular complexity index is 260. The van der Waals surface area contributed by atoms with Gasteiger partial charge < -0.3 is 4.74 Å². The van der Waals surface area contributed by atoms with Gasteiger partial charge in [0.25, 0.3) is 6.47 Å². The van der Waals surface area contributed by atoms with Gasteiger partial charge in [0.05, 0.1) is 6.61 Å². The van der Waals surface area contributed by atoms with E-state index in [4.69, 9.17) is 11.6 Å². The van der Waals surface area contributed by atoms with Gasteiger partial charge in [0.1, 0.15) is 0 Å². The molecule has 0 bridgehead atoms. The van der Waals surface area contributed by atoms with Crippen molar-refractivity contribution in [3.05, 3.63) is 34.9 Å². The number of benzene rings is 1. The molecule has 1 aromatic rings. The Labute approximate surface area is 76.1 Å². The van der Waals surface area contributed by atoms with Gasteiger partial charge in [-0.2, -0.15) is 0 Å². The highest BCUT2D eigenvalue weighted by molar-refractivity contribution is 6.31. The SMILES string of the molecule is O=COCCc1ccccc1Cl. The molecule has 0 spiro atoms. The third kappa shape index (κ3) is 2.55. The molecule has 0 aromatic heterocycles. The number of hydrogen-bond acceptors (Lipinski definition) is 2. The molecule has 0 N–H and O–H groups in total. The summed E-state index contributed by atoms with van der Waals surface area (Å²) in [7, 11) is 0. The summed E-state index contributed by atoms with van der Waals surface area (Å²) in [6, 6.07) is 7.50. The van der Waals surface area contributed by atoms with Crippen LogP contribution in [0.1, 0.15) is 5.56 Å². The quantitative estimate of drug-likeness (QED) is 0.529. The largest absolute Gasteiger partial charge is 0.468 e.